The molecule has 1 aliphatic heterocycles. The molecule has 1 aromatic heterocycles. The highest BCUT2D eigenvalue weighted by atomic mass is 32.2. The quantitative estimate of drug-likeness (QED) is 0.785. The molecule has 128 valence electrons. The number of hydrogen-bond acceptors (Lipinski definition) is 5. The molecule has 8 heteroatoms. The fourth-order valence-electron chi connectivity index (χ4n) is 2.42. The molecule has 0 saturated carbocycles. The highest BCUT2D eigenvalue weighted by Gasteiger charge is 2.52. The Morgan fingerprint density at radius 1 is 1.08 bits per heavy atom. The van der Waals surface area contributed by atoms with Crippen molar-refractivity contribution in [3.05, 3.63) is 48.3 Å². The number of benzene rings is 1. The van der Waals surface area contributed by atoms with Crippen LogP contribution < -0.4 is 5.46 Å². The van der Waals surface area contributed by atoms with Gasteiger partial charge in [-0.25, -0.2) is 8.42 Å². The predicted molar refractivity (Wildman–Crippen MR) is 92.4 cm³/mol. The van der Waals surface area contributed by atoms with Crippen molar-refractivity contribution in [3.63, 3.8) is 0 Å². The number of rotatable bonds is 4. The van der Waals surface area contributed by atoms with Gasteiger partial charge in [0, 0.05) is 17.9 Å². The minimum atomic E-state index is -3.59. The fourth-order valence-corrected chi connectivity index (χ4v) is 3.64. The first-order valence-electron chi connectivity index (χ1n) is 7.78. The van der Waals surface area contributed by atoms with Crippen molar-refractivity contribution < 1.29 is 17.7 Å². The van der Waals surface area contributed by atoms with E-state index in [9.17, 15) is 8.42 Å². The molecular weight excluding hydrogens is 327 g/mol. The van der Waals surface area contributed by atoms with Crippen LogP contribution >= 0.6 is 0 Å². The second kappa shape index (κ2) is 5.72. The van der Waals surface area contributed by atoms with Crippen LogP contribution in [0.15, 0.2) is 42.7 Å². The van der Waals surface area contributed by atoms with Gasteiger partial charge in [0.15, 0.2) is 0 Å². The number of hydrogen-bond donors (Lipinski definition) is 0. The van der Waals surface area contributed by atoms with E-state index in [1.807, 2.05) is 45.9 Å². The predicted octanol–water partition coefficient (Wildman–Crippen LogP) is 1.56. The van der Waals surface area contributed by atoms with Crippen LogP contribution in [0.25, 0.3) is 0 Å². The topological polar surface area (TPSA) is 70.4 Å². The van der Waals surface area contributed by atoms with Crippen LogP contribution in [0.3, 0.4) is 0 Å². The standard InChI is InChI=1S/C16H21BN2O4S/c1-15(2)16(3,4)23-17(22-15)14-10-18-19(11-14)24(20,21)12-13-8-6-5-7-9-13/h5-11H,12H2,1-4H3. The first kappa shape index (κ1) is 17.2. The van der Waals surface area contributed by atoms with Gasteiger partial charge in [0.05, 0.1) is 17.0 Å². The van der Waals surface area contributed by atoms with E-state index in [2.05, 4.69) is 5.10 Å². The lowest BCUT2D eigenvalue weighted by Crippen LogP contribution is -2.41. The van der Waals surface area contributed by atoms with E-state index in [1.165, 1.54) is 12.4 Å². The minimum absolute atomic E-state index is 0.113. The summed E-state index contributed by atoms with van der Waals surface area (Å²) >= 11 is 0. The normalized spacial score (nSPS) is 19.6. The monoisotopic (exact) mass is 348 g/mol. The lowest BCUT2D eigenvalue weighted by atomic mass is 9.82. The Balaban J connectivity index is 1.81. The zero-order chi connectivity index (χ0) is 17.6. The maximum Gasteiger partial charge on any atom is 0.498 e. The van der Waals surface area contributed by atoms with Gasteiger partial charge in [-0.1, -0.05) is 30.3 Å². The Labute approximate surface area is 143 Å². The molecule has 0 N–H and O–H groups in total. The van der Waals surface area contributed by atoms with Crippen LogP contribution in [0.2, 0.25) is 0 Å². The minimum Gasteiger partial charge on any atom is -0.399 e. The summed E-state index contributed by atoms with van der Waals surface area (Å²) < 4.78 is 37.8. The Kier molecular flexibility index (Phi) is 4.10. The van der Waals surface area contributed by atoms with Crippen molar-refractivity contribution in [3.8, 4) is 0 Å². The smallest absolute Gasteiger partial charge is 0.399 e. The van der Waals surface area contributed by atoms with Gasteiger partial charge in [0.1, 0.15) is 0 Å². The highest BCUT2D eigenvalue weighted by molar-refractivity contribution is 7.89. The van der Waals surface area contributed by atoms with Crippen molar-refractivity contribution in [2.75, 3.05) is 0 Å². The van der Waals surface area contributed by atoms with Gasteiger partial charge in [-0.3, -0.25) is 0 Å². The van der Waals surface area contributed by atoms with Gasteiger partial charge in [0.25, 0.3) is 10.0 Å². The van der Waals surface area contributed by atoms with Crippen LogP contribution in [-0.4, -0.2) is 35.9 Å². The van der Waals surface area contributed by atoms with E-state index in [-0.39, 0.29) is 5.75 Å². The second-order valence-electron chi connectivity index (χ2n) is 6.98. The molecule has 0 radical (unpaired) electrons. The van der Waals surface area contributed by atoms with Crippen molar-refractivity contribution in [1.29, 1.82) is 0 Å². The third-order valence-corrected chi connectivity index (χ3v) is 6.05. The van der Waals surface area contributed by atoms with Crippen LogP contribution in [0.1, 0.15) is 33.3 Å². The van der Waals surface area contributed by atoms with Gasteiger partial charge in [-0.2, -0.15) is 9.19 Å². The third-order valence-electron chi connectivity index (χ3n) is 4.58. The number of nitrogens with zero attached hydrogens (tertiary/aromatic N) is 2. The lowest BCUT2D eigenvalue weighted by molar-refractivity contribution is 0.00578. The molecule has 0 atom stereocenters. The molecule has 1 aliphatic rings. The van der Waals surface area contributed by atoms with E-state index in [1.54, 1.807) is 12.1 Å². The summed E-state index contributed by atoms with van der Waals surface area (Å²) in [6, 6.07) is 9.01. The van der Waals surface area contributed by atoms with Crippen LogP contribution in [0.4, 0.5) is 0 Å². The Bertz CT molecular complexity index is 815. The third kappa shape index (κ3) is 3.13. The molecule has 1 fully saturated rings. The van der Waals surface area contributed by atoms with Gasteiger partial charge in [0.2, 0.25) is 0 Å². The van der Waals surface area contributed by atoms with Crippen LogP contribution in [-0.2, 0) is 25.1 Å². The molecule has 0 aliphatic carbocycles. The average Bonchev–Trinajstić information content (AvgIpc) is 3.04. The van der Waals surface area contributed by atoms with Gasteiger partial charge in [-0.15, -0.1) is 0 Å². The molecule has 1 aromatic carbocycles. The van der Waals surface area contributed by atoms with Crippen molar-refractivity contribution >= 4 is 22.6 Å². The lowest BCUT2D eigenvalue weighted by Gasteiger charge is -2.32. The van der Waals surface area contributed by atoms with Crippen molar-refractivity contribution in [1.82, 2.24) is 9.19 Å². The summed E-state index contributed by atoms with van der Waals surface area (Å²) in [7, 11) is -4.21. The molecule has 2 aromatic rings. The molecule has 0 amide bonds. The van der Waals surface area contributed by atoms with Crippen LogP contribution in [0, 0.1) is 0 Å². The molecule has 0 bridgehead atoms. The van der Waals surface area contributed by atoms with E-state index in [0.29, 0.717) is 11.0 Å². The van der Waals surface area contributed by atoms with E-state index >= 15 is 0 Å². The summed E-state index contributed by atoms with van der Waals surface area (Å²) in [4.78, 5) is 0. The molecule has 1 saturated heterocycles. The maximum absolute atomic E-state index is 12.5. The van der Waals surface area contributed by atoms with E-state index < -0.39 is 28.3 Å². The van der Waals surface area contributed by atoms with Crippen molar-refractivity contribution in [2.24, 2.45) is 0 Å². The van der Waals surface area contributed by atoms with Gasteiger partial charge >= 0.3 is 7.12 Å². The van der Waals surface area contributed by atoms with E-state index in [4.69, 9.17) is 9.31 Å². The Morgan fingerprint density at radius 2 is 1.67 bits per heavy atom. The highest BCUT2D eigenvalue weighted by Crippen LogP contribution is 2.36. The van der Waals surface area contributed by atoms with E-state index in [0.717, 1.165) is 4.09 Å². The SMILES string of the molecule is CC1(C)OB(c2cnn(S(=O)(=O)Cc3ccccc3)c2)OC1(C)C. The maximum atomic E-state index is 12.5. The van der Waals surface area contributed by atoms with Gasteiger partial charge in [-0.05, 0) is 33.3 Å². The van der Waals surface area contributed by atoms with Crippen LogP contribution in [0.5, 0.6) is 0 Å². The zero-order valence-corrected chi connectivity index (χ0v) is 15.1. The number of aromatic nitrogens is 2. The molecule has 2 heterocycles. The fraction of sp³-hybridized carbons (Fsp3) is 0.438. The molecule has 24 heavy (non-hydrogen) atoms. The van der Waals surface area contributed by atoms with Crippen molar-refractivity contribution in [2.45, 2.75) is 44.6 Å². The summed E-state index contributed by atoms with van der Waals surface area (Å²) in [6.07, 6.45) is 2.94. The summed E-state index contributed by atoms with van der Waals surface area (Å²) in [5.74, 6) is -0.113. The second-order valence-corrected chi connectivity index (χ2v) is 8.80. The largest absolute Gasteiger partial charge is 0.498 e. The molecular formula is C16H21BN2O4S. The summed E-state index contributed by atoms with van der Waals surface area (Å²) in [5, 5.41) is 3.99. The first-order chi connectivity index (χ1) is 11.1. The molecule has 6 nitrogen and oxygen atoms in total. The average molecular weight is 348 g/mol. The molecule has 0 unspecified atom stereocenters. The Hall–Kier alpha value is -1.64. The first-order valence-corrected chi connectivity index (χ1v) is 9.39. The van der Waals surface area contributed by atoms with Gasteiger partial charge < -0.3 is 9.31 Å². The summed E-state index contributed by atoms with van der Waals surface area (Å²) in [5.41, 5.74) is 0.334. The molecule has 3 rings (SSSR count). The molecule has 0 spiro atoms. The zero-order valence-electron chi connectivity index (χ0n) is 14.3. The Morgan fingerprint density at radius 3 is 2.25 bits per heavy atom. The summed E-state index contributed by atoms with van der Waals surface area (Å²) in [6.45, 7) is 7.79.